The first kappa shape index (κ1) is 46.2. The highest BCUT2D eigenvalue weighted by molar-refractivity contribution is 6.87. The molecule has 3 nitrogen and oxygen atoms in total. The third-order valence-electron chi connectivity index (χ3n) is 13.4. The monoisotopic (exact) mass is 795 g/mol. The highest BCUT2D eigenvalue weighted by atomic mass is 16.4. The molecular formula is C55H79BN2O. The second-order valence-corrected chi connectivity index (χ2v) is 22.1. The Labute approximate surface area is 362 Å². The molecule has 0 saturated carbocycles. The molecule has 0 bridgehead atoms. The number of fused-ring (bicyclic) bond motifs is 5. The van der Waals surface area contributed by atoms with Crippen LogP contribution in [0.1, 0.15) is 185 Å². The van der Waals surface area contributed by atoms with Crippen molar-refractivity contribution in [2.24, 2.45) is 16.7 Å². The van der Waals surface area contributed by atoms with Crippen LogP contribution in [-0.4, -0.2) is 11.6 Å². The number of allylic oxidation sites excluding steroid dienone is 9. The Bertz CT molecular complexity index is 2140. The number of rotatable bonds is 11. The van der Waals surface area contributed by atoms with Gasteiger partial charge in [-0.05, 0) is 137 Å². The van der Waals surface area contributed by atoms with E-state index < -0.39 is 0 Å². The fraction of sp³-hybridized carbons (Fsp3) is 0.527. The van der Waals surface area contributed by atoms with Gasteiger partial charge in [0.1, 0.15) is 5.76 Å². The summed E-state index contributed by atoms with van der Waals surface area (Å²) in [5, 5.41) is 0. The van der Waals surface area contributed by atoms with Crippen molar-refractivity contribution in [3.63, 3.8) is 0 Å². The topological polar surface area (TPSA) is 19.6 Å². The van der Waals surface area contributed by atoms with Crippen molar-refractivity contribution in [1.29, 1.82) is 0 Å². The Morgan fingerprint density at radius 1 is 0.949 bits per heavy atom. The van der Waals surface area contributed by atoms with E-state index in [4.69, 9.17) is 4.42 Å². The summed E-state index contributed by atoms with van der Waals surface area (Å²) in [6.45, 7) is 50.7. The average molecular weight is 795 g/mol. The van der Waals surface area contributed by atoms with E-state index in [1.54, 1.807) is 0 Å². The largest absolute Gasteiger partial charge is 0.444 e. The minimum Gasteiger partial charge on any atom is -0.444 e. The smallest absolute Gasteiger partial charge is 0.248 e. The van der Waals surface area contributed by atoms with E-state index in [9.17, 15) is 0 Å². The second-order valence-electron chi connectivity index (χ2n) is 22.1. The molecule has 0 amide bonds. The molecule has 59 heavy (non-hydrogen) atoms. The summed E-state index contributed by atoms with van der Waals surface area (Å²) < 4.78 is 7.48. The number of nitrogens with zero attached hydrogens (tertiary/aromatic N) is 2. The molecule has 2 aromatic rings. The fourth-order valence-corrected chi connectivity index (χ4v) is 8.76. The van der Waals surface area contributed by atoms with E-state index >= 15 is 0 Å². The Balaban J connectivity index is 1.95. The van der Waals surface area contributed by atoms with E-state index in [-0.39, 0.29) is 34.3 Å². The highest BCUT2D eigenvalue weighted by Gasteiger charge is 2.50. The van der Waals surface area contributed by atoms with Gasteiger partial charge in [0.2, 0.25) is 6.71 Å². The molecule has 1 atom stereocenters. The number of furan rings is 1. The molecule has 0 spiro atoms. The zero-order chi connectivity index (χ0) is 44.2. The average Bonchev–Trinajstić information content (AvgIpc) is 3.57. The van der Waals surface area contributed by atoms with Crippen molar-refractivity contribution in [3.8, 4) is 0 Å². The van der Waals surface area contributed by atoms with Gasteiger partial charge in [-0.3, -0.25) is 4.90 Å². The van der Waals surface area contributed by atoms with Crippen LogP contribution in [0.2, 0.25) is 0 Å². The first-order valence-corrected chi connectivity index (χ1v) is 22.7. The van der Waals surface area contributed by atoms with Gasteiger partial charge in [-0.1, -0.05) is 160 Å². The van der Waals surface area contributed by atoms with Gasteiger partial charge >= 0.3 is 0 Å². The SMILES string of the molecule is C=C(/C=C1\C2=CN(C(=C/C)/C(C)=C\CC(C)(C)C)C(/C=C\C(=C)C(C)(C)C)=CB2c2c(oc3c2C(C)(C)CCC3(C)C)N1c1ccc(C(C)C)c(C(C)CC)c1)C(C)C. The first-order chi connectivity index (χ1) is 27.2. The Morgan fingerprint density at radius 2 is 1.59 bits per heavy atom. The second kappa shape index (κ2) is 16.9. The zero-order valence-electron chi connectivity index (χ0n) is 40.6. The van der Waals surface area contributed by atoms with Crippen LogP contribution in [0.3, 0.4) is 0 Å². The Kier molecular flexibility index (Phi) is 13.2. The van der Waals surface area contributed by atoms with E-state index in [0.29, 0.717) is 11.8 Å². The predicted molar refractivity (Wildman–Crippen MR) is 260 cm³/mol. The van der Waals surface area contributed by atoms with Crippen molar-refractivity contribution in [2.75, 3.05) is 4.90 Å². The van der Waals surface area contributed by atoms with Crippen LogP contribution in [0.15, 0.2) is 118 Å². The minimum atomic E-state index is -0.1000. The van der Waals surface area contributed by atoms with Crippen molar-refractivity contribution in [1.82, 2.24) is 4.90 Å². The summed E-state index contributed by atoms with van der Waals surface area (Å²) in [4.78, 5) is 4.91. The normalized spacial score (nSPS) is 19.6. The minimum absolute atomic E-state index is 0.0344. The quantitative estimate of drug-likeness (QED) is 0.167. The van der Waals surface area contributed by atoms with Gasteiger partial charge in [0.25, 0.3) is 0 Å². The fourth-order valence-electron chi connectivity index (χ4n) is 8.76. The summed E-state index contributed by atoms with van der Waals surface area (Å²) in [5.41, 5.74) is 14.8. The van der Waals surface area contributed by atoms with E-state index in [2.05, 4.69) is 208 Å². The first-order valence-electron chi connectivity index (χ1n) is 22.7. The lowest BCUT2D eigenvalue weighted by molar-refractivity contribution is 0.280. The molecule has 318 valence electrons. The lowest BCUT2D eigenvalue weighted by Gasteiger charge is -2.42. The number of anilines is 2. The van der Waals surface area contributed by atoms with Crippen LogP contribution in [0.25, 0.3) is 0 Å². The van der Waals surface area contributed by atoms with Gasteiger partial charge in [0, 0.05) is 34.4 Å². The van der Waals surface area contributed by atoms with Gasteiger partial charge in [-0.15, -0.1) is 0 Å². The van der Waals surface area contributed by atoms with Gasteiger partial charge in [-0.2, -0.15) is 0 Å². The van der Waals surface area contributed by atoms with Crippen molar-refractivity contribution in [2.45, 2.75) is 173 Å². The van der Waals surface area contributed by atoms with Crippen LogP contribution < -0.4 is 10.4 Å². The summed E-state index contributed by atoms with van der Waals surface area (Å²) in [6, 6.07) is 7.19. The van der Waals surface area contributed by atoms with E-state index in [0.717, 1.165) is 65.6 Å². The number of hydrogen-bond donors (Lipinski definition) is 0. The summed E-state index contributed by atoms with van der Waals surface area (Å²) in [5.74, 6) is 5.74. The van der Waals surface area contributed by atoms with Gasteiger partial charge in [0.05, 0.1) is 0 Å². The number of hydrogen-bond acceptors (Lipinski definition) is 3. The van der Waals surface area contributed by atoms with E-state index in [1.165, 1.54) is 38.9 Å². The van der Waals surface area contributed by atoms with Crippen molar-refractivity contribution >= 4 is 23.7 Å². The van der Waals surface area contributed by atoms with Crippen LogP contribution in [0.5, 0.6) is 0 Å². The molecule has 1 aromatic heterocycles. The van der Waals surface area contributed by atoms with Crippen LogP contribution in [0.4, 0.5) is 11.6 Å². The van der Waals surface area contributed by atoms with Gasteiger partial charge in [0.15, 0.2) is 5.88 Å². The zero-order valence-corrected chi connectivity index (χ0v) is 40.6. The lowest BCUT2D eigenvalue weighted by Crippen LogP contribution is -2.49. The third kappa shape index (κ3) is 9.38. The maximum Gasteiger partial charge on any atom is 0.248 e. The molecule has 0 fully saturated rings. The van der Waals surface area contributed by atoms with Crippen molar-refractivity contribution < 1.29 is 4.42 Å². The molecule has 1 unspecified atom stereocenters. The van der Waals surface area contributed by atoms with Crippen LogP contribution in [0, 0.1) is 16.7 Å². The Morgan fingerprint density at radius 3 is 2.15 bits per heavy atom. The lowest BCUT2D eigenvalue weighted by atomic mass is 9.35. The van der Waals surface area contributed by atoms with E-state index in [1.807, 2.05) is 0 Å². The number of benzene rings is 1. The molecule has 3 heterocycles. The molecule has 5 rings (SSSR count). The molecule has 3 aliphatic rings. The summed E-state index contributed by atoms with van der Waals surface area (Å²) in [6.07, 6.45) is 18.3. The third-order valence-corrected chi connectivity index (χ3v) is 13.4. The Hall–Kier alpha value is -3.92. The summed E-state index contributed by atoms with van der Waals surface area (Å²) >= 11 is 0. The van der Waals surface area contributed by atoms with Gasteiger partial charge in [-0.25, -0.2) is 0 Å². The van der Waals surface area contributed by atoms with Crippen LogP contribution in [-0.2, 0) is 10.8 Å². The molecule has 0 radical (unpaired) electrons. The van der Waals surface area contributed by atoms with Crippen molar-refractivity contribution in [3.05, 3.63) is 136 Å². The molecule has 1 aliphatic carbocycles. The predicted octanol–water partition coefficient (Wildman–Crippen LogP) is 15.8. The van der Waals surface area contributed by atoms with Gasteiger partial charge < -0.3 is 9.32 Å². The van der Waals surface area contributed by atoms with Crippen LogP contribution >= 0.6 is 0 Å². The molecule has 0 N–H and O–H groups in total. The standard InChI is InChI=1S/C55H79BN2O/c1-21-37(7)44-32-41(25-26-43(44)36(5)6)58-47(31-39(9)35(3)4)45-34-57(46(22-2)38(8)27-28-52(11,12)13)42(24-23-40(10)53(14,15)16)33-56(45)49-48-50(59-51(49)58)55(19,20)30-29-54(48,17)18/h22-27,31-37H,9-10,21,28-30H2,1-8,11-20H3/b24-23-,38-27-,46-22+,47-31+. The highest BCUT2D eigenvalue weighted by Crippen LogP contribution is 2.52. The maximum atomic E-state index is 7.48. The summed E-state index contributed by atoms with van der Waals surface area (Å²) in [7, 11) is 0. The molecule has 1 aromatic carbocycles. The maximum absolute atomic E-state index is 7.48. The molecule has 4 heteroatoms. The molecular weight excluding hydrogens is 715 g/mol. The molecule has 2 aliphatic heterocycles. The molecule has 0 saturated heterocycles.